The summed E-state index contributed by atoms with van der Waals surface area (Å²) in [6, 6.07) is 10.2. The molecule has 7 heteroatoms. The average Bonchev–Trinajstić information content (AvgIpc) is 3.08. The van der Waals surface area contributed by atoms with Crippen LogP contribution in [0.25, 0.3) is 5.69 Å². The molecule has 0 bridgehead atoms. The zero-order valence-corrected chi connectivity index (χ0v) is 17.9. The van der Waals surface area contributed by atoms with E-state index in [-0.39, 0.29) is 11.2 Å². The van der Waals surface area contributed by atoms with Gasteiger partial charge in [0.05, 0.1) is 10.9 Å². The van der Waals surface area contributed by atoms with E-state index in [0.717, 1.165) is 28.1 Å². The number of aromatic nitrogens is 4. The van der Waals surface area contributed by atoms with E-state index in [0.29, 0.717) is 5.16 Å². The summed E-state index contributed by atoms with van der Waals surface area (Å²) in [4.78, 5) is 12.8. The van der Waals surface area contributed by atoms with Crippen molar-refractivity contribution < 1.29 is 4.79 Å². The molecule has 0 saturated heterocycles. The molecule has 146 valence electrons. The van der Waals surface area contributed by atoms with Crippen molar-refractivity contribution in [3.8, 4) is 5.69 Å². The highest BCUT2D eigenvalue weighted by Gasteiger charge is 2.21. The lowest BCUT2D eigenvalue weighted by Gasteiger charge is -2.16. The Morgan fingerprint density at radius 1 is 1.07 bits per heavy atom. The van der Waals surface area contributed by atoms with Crippen molar-refractivity contribution in [1.82, 2.24) is 20.2 Å². The van der Waals surface area contributed by atoms with Crippen molar-refractivity contribution >= 4 is 23.4 Å². The number of thioether (sulfide) groups is 1. The Morgan fingerprint density at radius 3 is 2.43 bits per heavy atom. The summed E-state index contributed by atoms with van der Waals surface area (Å²) in [5.74, 6) is -0.0735. The van der Waals surface area contributed by atoms with E-state index in [1.54, 1.807) is 4.68 Å². The van der Waals surface area contributed by atoms with Crippen LogP contribution in [0.2, 0.25) is 0 Å². The largest absolute Gasteiger partial charge is 0.325 e. The number of hydrogen-bond acceptors (Lipinski definition) is 5. The van der Waals surface area contributed by atoms with E-state index >= 15 is 0 Å². The molecule has 2 aromatic carbocycles. The van der Waals surface area contributed by atoms with Gasteiger partial charge in [0.2, 0.25) is 11.1 Å². The Hall–Kier alpha value is -2.67. The van der Waals surface area contributed by atoms with Crippen molar-refractivity contribution in [2.45, 2.75) is 51.9 Å². The maximum absolute atomic E-state index is 12.8. The van der Waals surface area contributed by atoms with Crippen LogP contribution < -0.4 is 5.32 Å². The second-order valence-electron chi connectivity index (χ2n) is 7.12. The van der Waals surface area contributed by atoms with Gasteiger partial charge in [-0.3, -0.25) is 4.79 Å². The third-order valence-electron chi connectivity index (χ3n) is 4.82. The van der Waals surface area contributed by atoms with Crippen molar-refractivity contribution in [3.63, 3.8) is 0 Å². The molecule has 6 nitrogen and oxygen atoms in total. The van der Waals surface area contributed by atoms with Gasteiger partial charge in [0.1, 0.15) is 0 Å². The Morgan fingerprint density at radius 2 is 1.75 bits per heavy atom. The predicted molar refractivity (Wildman–Crippen MR) is 113 cm³/mol. The van der Waals surface area contributed by atoms with Gasteiger partial charge in [-0.25, -0.2) is 0 Å². The van der Waals surface area contributed by atoms with Gasteiger partial charge in [-0.15, -0.1) is 5.10 Å². The SMILES string of the molecule is Cc1cc(C)c(NC(=O)C(C)Sc2nnnn2-c2cccc(C)c2C)c(C)c1. The molecule has 1 unspecified atom stereocenters. The molecular weight excluding hydrogens is 370 g/mol. The summed E-state index contributed by atoms with van der Waals surface area (Å²) in [6.45, 7) is 12.0. The maximum Gasteiger partial charge on any atom is 0.237 e. The molecule has 0 radical (unpaired) electrons. The molecule has 0 fully saturated rings. The van der Waals surface area contributed by atoms with Crippen LogP contribution in [0.3, 0.4) is 0 Å². The summed E-state index contributed by atoms with van der Waals surface area (Å²) in [5, 5.41) is 15.4. The molecule has 0 aliphatic carbocycles. The van der Waals surface area contributed by atoms with Crippen LogP contribution in [-0.2, 0) is 4.79 Å². The number of nitrogens with one attached hydrogen (secondary N) is 1. The number of aryl methyl sites for hydroxylation is 4. The van der Waals surface area contributed by atoms with Crippen LogP contribution in [0.1, 0.15) is 34.7 Å². The van der Waals surface area contributed by atoms with Gasteiger partial charge in [0.15, 0.2) is 0 Å². The molecular formula is C21H25N5OS. The van der Waals surface area contributed by atoms with Crippen molar-refractivity contribution in [3.05, 3.63) is 58.1 Å². The van der Waals surface area contributed by atoms with E-state index in [9.17, 15) is 4.79 Å². The van der Waals surface area contributed by atoms with Gasteiger partial charge in [-0.2, -0.15) is 4.68 Å². The molecule has 1 N–H and O–H groups in total. The summed E-state index contributed by atoms with van der Waals surface area (Å²) in [6.07, 6.45) is 0. The van der Waals surface area contributed by atoms with Crippen molar-refractivity contribution in [1.29, 1.82) is 0 Å². The fourth-order valence-corrected chi connectivity index (χ4v) is 3.98. The second-order valence-corrected chi connectivity index (χ2v) is 8.42. The van der Waals surface area contributed by atoms with Gasteiger partial charge < -0.3 is 5.32 Å². The summed E-state index contributed by atoms with van der Waals surface area (Å²) in [7, 11) is 0. The number of nitrogens with zero attached hydrogens (tertiary/aromatic N) is 4. The van der Waals surface area contributed by atoms with E-state index in [1.807, 2.05) is 39.8 Å². The monoisotopic (exact) mass is 395 g/mol. The third-order valence-corrected chi connectivity index (χ3v) is 5.85. The number of benzene rings is 2. The molecule has 0 saturated carbocycles. The van der Waals surface area contributed by atoms with Crippen LogP contribution in [0.5, 0.6) is 0 Å². The highest BCUT2D eigenvalue weighted by atomic mass is 32.2. The van der Waals surface area contributed by atoms with Gasteiger partial charge in [-0.1, -0.05) is 41.6 Å². The minimum absolute atomic E-state index is 0.0735. The smallest absolute Gasteiger partial charge is 0.237 e. The Bertz CT molecular complexity index is 1000. The predicted octanol–water partition coefficient (Wildman–Crippen LogP) is 4.32. The van der Waals surface area contributed by atoms with Crippen LogP contribution in [0, 0.1) is 34.6 Å². The minimum atomic E-state index is -0.352. The maximum atomic E-state index is 12.8. The molecule has 0 aliphatic heterocycles. The van der Waals surface area contributed by atoms with E-state index in [4.69, 9.17) is 0 Å². The van der Waals surface area contributed by atoms with E-state index in [2.05, 4.69) is 52.9 Å². The number of tetrazole rings is 1. The molecule has 0 spiro atoms. The Labute approximate surface area is 169 Å². The molecule has 28 heavy (non-hydrogen) atoms. The van der Waals surface area contributed by atoms with Gasteiger partial charge in [0.25, 0.3) is 0 Å². The standard InChI is InChI=1S/C21H25N5OS/c1-12-10-14(3)19(15(4)11-12)22-20(27)17(6)28-21-23-24-25-26(21)18-9-7-8-13(2)16(18)5/h7-11,17H,1-6H3,(H,22,27). The topological polar surface area (TPSA) is 72.7 Å². The number of carbonyl (C=O) groups excluding carboxylic acids is 1. The van der Waals surface area contributed by atoms with Crippen LogP contribution >= 0.6 is 11.8 Å². The van der Waals surface area contributed by atoms with E-state index in [1.165, 1.54) is 22.9 Å². The molecule has 1 atom stereocenters. The molecule has 3 rings (SSSR count). The first-order valence-corrected chi connectivity index (χ1v) is 10.1. The molecule has 0 aliphatic rings. The first kappa shape index (κ1) is 20.1. The Kier molecular flexibility index (Phi) is 5.84. The fraction of sp³-hybridized carbons (Fsp3) is 0.333. The normalized spacial score (nSPS) is 12.1. The third kappa shape index (κ3) is 4.09. The molecule has 1 aromatic heterocycles. The number of amides is 1. The second kappa shape index (κ2) is 8.14. The Balaban J connectivity index is 1.79. The molecule has 1 amide bonds. The van der Waals surface area contributed by atoms with Gasteiger partial charge >= 0.3 is 0 Å². The number of carbonyl (C=O) groups is 1. The summed E-state index contributed by atoms with van der Waals surface area (Å²) < 4.78 is 1.69. The lowest BCUT2D eigenvalue weighted by Crippen LogP contribution is -2.24. The van der Waals surface area contributed by atoms with Gasteiger partial charge in [0, 0.05) is 5.69 Å². The zero-order chi connectivity index (χ0) is 20.4. The average molecular weight is 396 g/mol. The first-order valence-electron chi connectivity index (χ1n) is 9.18. The minimum Gasteiger partial charge on any atom is -0.325 e. The summed E-state index contributed by atoms with van der Waals surface area (Å²) in [5.41, 5.74) is 7.37. The van der Waals surface area contributed by atoms with Crippen molar-refractivity contribution in [2.75, 3.05) is 5.32 Å². The molecule has 3 aromatic rings. The highest BCUT2D eigenvalue weighted by molar-refractivity contribution is 8.00. The van der Waals surface area contributed by atoms with Crippen LogP contribution in [0.15, 0.2) is 35.5 Å². The van der Waals surface area contributed by atoms with Crippen molar-refractivity contribution in [2.24, 2.45) is 0 Å². The quantitative estimate of drug-likeness (QED) is 0.651. The van der Waals surface area contributed by atoms with Crippen LogP contribution in [-0.4, -0.2) is 31.4 Å². The fourth-order valence-electron chi connectivity index (χ4n) is 3.18. The number of anilines is 1. The first-order chi connectivity index (χ1) is 13.3. The van der Waals surface area contributed by atoms with Crippen LogP contribution in [0.4, 0.5) is 5.69 Å². The molecule has 1 heterocycles. The lowest BCUT2D eigenvalue weighted by molar-refractivity contribution is -0.115. The summed E-state index contributed by atoms with van der Waals surface area (Å²) >= 11 is 1.34. The van der Waals surface area contributed by atoms with Gasteiger partial charge in [-0.05, 0) is 80.3 Å². The number of hydrogen-bond donors (Lipinski definition) is 1. The van der Waals surface area contributed by atoms with E-state index < -0.39 is 0 Å². The lowest BCUT2D eigenvalue weighted by atomic mass is 10.1. The number of rotatable bonds is 5. The highest BCUT2D eigenvalue weighted by Crippen LogP contribution is 2.27. The zero-order valence-electron chi connectivity index (χ0n) is 17.1.